The molecule has 0 aliphatic heterocycles. The van der Waals surface area contributed by atoms with Crippen molar-refractivity contribution >= 4 is 11.7 Å². The minimum atomic E-state index is -0.168. The van der Waals surface area contributed by atoms with Crippen LogP contribution in [-0.4, -0.2) is 22.0 Å². The number of urea groups is 1. The van der Waals surface area contributed by atoms with E-state index in [0.717, 1.165) is 40.2 Å². The largest absolute Gasteiger partial charge is 0.489 e. The summed E-state index contributed by atoms with van der Waals surface area (Å²) in [5.74, 6) is 0.828. The maximum Gasteiger partial charge on any atom is 0.322 e. The van der Waals surface area contributed by atoms with Crippen molar-refractivity contribution in [1.82, 2.24) is 15.2 Å². The summed E-state index contributed by atoms with van der Waals surface area (Å²) < 4.78 is 5.85. The number of rotatable bonds is 12. The van der Waals surface area contributed by atoms with E-state index in [1.807, 2.05) is 71.6 Å². The van der Waals surface area contributed by atoms with Crippen LogP contribution >= 0.6 is 0 Å². The van der Waals surface area contributed by atoms with Crippen molar-refractivity contribution < 1.29 is 9.53 Å². The van der Waals surface area contributed by atoms with Gasteiger partial charge in [-0.25, -0.2) is 4.79 Å². The second kappa shape index (κ2) is 15.9. The van der Waals surface area contributed by atoms with E-state index in [1.54, 1.807) is 12.4 Å². The molecule has 5 aromatic rings. The van der Waals surface area contributed by atoms with Crippen LogP contribution in [0.4, 0.5) is 10.5 Å². The molecule has 0 atom stereocenters. The Bertz CT molecular complexity index is 1630. The Kier molecular flexibility index (Phi) is 10.7. The first-order chi connectivity index (χ1) is 22.7. The van der Waals surface area contributed by atoms with Crippen molar-refractivity contribution in [2.24, 2.45) is 0 Å². The van der Waals surface area contributed by atoms with Crippen molar-refractivity contribution in [3.05, 3.63) is 150 Å². The highest BCUT2D eigenvalue weighted by molar-refractivity contribution is 5.89. The third kappa shape index (κ3) is 9.05. The molecule has 1 aromatic heterocycles. The second-order valence-electron chi connectivity index (χ2n) is 12.1. The van der Waals surface area contributed by atoms with E-state index in [-0.39, 0.29) is 6.03 Å². The standard InChI is InChI=1S/C40H42N4O2/c45-40(43-38-23-17-33(18-24-38)30-46-39-11-5-2-6-12-39)44(29-34-8-7-25-41-26-34)28-32-15-21-36(22-16-32)35-19-13-31(14-20-35)27-42-37-9-3-1-4-10-37/h2,5-8,11-26,37,42H,1,3-4,9-10,27-30H2,(H,43,45). The molecule has 4 aromatic carbocycles. The number of carbonyl (C=O) groups excluding carboxylic acids is 1. The quantitative estimate of drug-likeness (QED) is 0.148. The van der Waals surface area contributed by atoms with Gasteiger partial charge in [0.15, 0.2) is 0 Å². The van der Waals surface area contributed by atoms with Gasteiger partial charge in [-0.15, -0.1) is 0 Å². The lowest BCUT2D eigenvalue weighted by atomic mass is 9.95. The smallest absolute Gasteiger partial charge is 0.322 e. The van der Waals surface area contributed by atoms with Crippen LogP contribution < -0.4 is 15.4 Å². The molecule has 1 heterocycles. The van der Waals surface area contributed by atoms with Crippen LogP contribution in [0.2, 0.25) is 0 Å². The maximum atomic E-state index is 13.6. The number of benzene rings is 4. The summed E-state index contributed by atoms with van der Waals surface area (Å²) in [5, 5.41) is 6.81. The van der Waals surface area contributed by atoms with Gasteiger partial charge in [0.2, 0.25) is 0 Å². The Balaban J connectivity index is 1.07. The molecule has 0 saturated heterocycles. The fraction of sp³-hybridized carbons (Fsp3) is 0.250. The molecule has 1 fully saturated rings. The van der Waals surface area contributed by atoms with Crippen molar-refractivity contribution in [3.8, 4) is 16.9 Å². The van der Waals surface area contributed by atoms with E-state index in [4.69, 9.17) is 4.74 Å². The molecule has 1 aliphatic rings. The molecule has 6 nitrogen and oxygen atoms in total. The average molecular weight is 611 g/mol. The lowest BCUT2D eigenvalue weighted by Crippen LogP contribution is -2.34. The Morgan fingerprint density at radius 3 is 2.02 bits per heavy atom. The lowest BCUT2D eigenvalue weighted by molar-refractivity contribution is 0.206. The Morgan fingerprint density at radius 1 is 0.696 bits per heavy atom. The summed E-state index contributed by atoms with van der Waals surface area (Å²) in [5.41, 5.74) is 7.46. The molecule has 1 saturated carbocycles. The highest BCUT2D eigenvalue weighted by atomic mass is 16.5. The van der Waals surface area contributed by atoms with Gasteiger partial charge in [0.1, 0.15) is 12.4 Å². The summed E-state index contributed by atoms with van der Waals surface area (Å²) in [6.07, 6.45) is 10.2. The third-order valence-electron chi connectivity index (χ3n) is 8.55. The van der Waals surface area contributed by atoms with Crippen molar-refractivity contribution in [3.63, 3.8) is 0 Å². The number of hydrogen-bond donors (Lipinski definition) is 2. The van der Waals surface area contributed by atoms with Gasteiger partial charge in [-0.1, -0.05) is 104 Å². The third-order valence-corrected chi connectivity index (χ3v) is 8.55. The zero-order valence-electron chi connectivity index (χ0n) is 26.3. The van der Waals surface area contributed by atoms with Gasteiger partial charge in [0.25, 0.3) is 0 Å². The Labute approximate surface area is 272 Å². The van der Waals surface area contributed by atoms with Crippen LogP contribution in [0.3, 0.4) is 0 Å². The van der Waals surface area contributed by atoms with Crippen LogP contribution in [0.25, 0.3) is 11.1 Å². The number of amides is 2. The van der Waals surface area contributed by atoms with Gasteiger partial charge in [0, 0.05) is 43.8 Å². The minimum Gasteiger partial charge on any atom is -0.489 e. The summed E-state index contributed by atoms with van der Waals surface area (Å²) in [4.78, 5) is 19.6. The molecule has 0 unspecified atom stereocenters. The molecular formula is C40H42N4O2. The van der Waals surface area contributed by atoms with Gasteiger partial charge >= 0.3 is 6.03 Å². The van der Waals surface area contributed by atoms with E-state index in [2.05, 4.69) is 64.1 Å². The van der Waals surface area contributed by atoms with Gasteiger partial charge < -0.3 is 20.3 Å². The zero-order chi connectivity index (χ0) is 31.4. The predicted molar refractivity (Wildman–Crippen MR) is 185 cm³/mol. The van der Waals surface area contributed by atoms with E-state index in [0.29, 0.717) is 25.7 Å². The topological polar surface area (TPSA) is 66.5 Å². The molecule has 2 N–H and O–H groups in total. The summed E-state index contributed by atoms with van der Waals surface area (Å²) in [7, 11) is 0. The molecule has 234 valence electrons. The monoisotopic (exact) mass is 610 g/mol. The van der Waals surface area contributed by atoms with Crippen molar-refractivity contribution in [2.75, 3.05) is 5.32 Å². The number of hydrogen-bond acceptors (Lipinski definition) is 4. The number of ether oxygens (including phenoxy) is 1. The predicted octanol–water partition coefficient (Wildman–Crippen LogP) is 8.98. The van der Waals surface area contributed by atoms with Gasteiger partial charge in [0.05, 0.1) is 0 Å². The molecule has 6 heteroatoms. The summed E-state index contributed by atoms with van der Waals surface area (Å²) in [6, 6.07) is 39.3. The molecule has 6 rings (SSSR count). The molecule has 0 spiro atoms. The summed E-state index contributed by atoms with van der Waals surface area (Å²) >= 11 is 0. The molecule has 1 aliphatic carbocycles. The number of nitrogens with one attached hydrogen (secondary N) is 2. The zero-order valence-corrected chi connectivity index (χ0v) is 26.3. The Morgan fingerprint density at radius 2 is 1.35 bits per heavy atom. The molecule has 0 radical (unpaired) electrons. The number of para-hydroxylation sites is 1. The number of aromatic nitrogens is 1. The molecule has 46 heavy (non-hydrogen) atoms. The van der Waals surface area contributed by atoms with Crippen molar-refractivity contribution in [1.29, 1.82) is 0 Å². The van der Waals surface area contributed by atoms with Crippen LogP contribution in [-0.2, 0) is 26.2 Å². The summed E-state index contributed by atoms with van der Waals surface area (Å²) in [6.45, 7) is 2.30. The highest BCUT2D eigenvalue weighted by Gasteiger charge is 2.16. The minimum absolute atomic E-state index is 0.168. The first-order valence-corrected chi connectivity index (χ1v) is 16.3. The van der Waals surface area contributed by atoms with Crippen LogP contribution in [0, 0.1) is 0 Å². The van der Waals surface area contributed by atoms with Gasteiger partial charge in [-0.3, -0.25) is 4.98 Å². The lowest BCUT2D eigenvalue weighted by Gasteiger charge is -2.24. The number of nitrogens with zero attached hydrogens (tertiary/aromatic N) is 2. The van der Waals surface area contributed by atoms with E-state index in [9.17, 15) is 4.79 Å². The fourth-order valence-corrected chi connectivity index (χ4v) is 5.89. The van der Waals surface area contributed by atoms with E-state index < -0.39 is 0 Å². The number of carbonyl (C=O) groups is 1. The number of anilines is 1. The van der Waals surface area contributed by atoms with Gasteiger partial charge in [-0.2, -0.15) is 0 Å². The van der Waals surface area contributed by atoms with Crippen LogP contribution in [0.1, 0.15) is 54.4 Å². The molecule has 0 bridgehead atoms. The van der Waals surface area contributed by atoms with Gasteiger partial charge in [-0.05, 0) is 76.6 Å². The van der Waals surface area contributed by atoms with E-state index in [1.165, 1.54) is 43.2 Å². The van der Waals surface area contributed by atoms with Crippen LogP contribution in [0.15, 0.2) is 128 Å². The highest BCUT2D eigenvalue weighted by Crippen LogP contribution is 2.23. The van der Waals surface area contributed by atoms with E-state index >= 15 is 0 Å². The first kappa shape index (κ1) is 31.1. The van der Waals surface area contributed by atoms with Crippen LogP contribution in [0.5, 0.6) is 5.75 Å². The molecule has 2 amide bonds. The molecular weight excluding hydrogens is 568 g/mol. The number of pyridine rings is 1. The average Bonchev–Trinajstić information content (AvgIpc) is 3.12. The first-order valence-electron chi connectivity index (χ1n) is 16.3. The van der Waals surface area contributed by atoms with Crippen molar-refractivity contribution in [2.45, 2.75) is 64.4 Å². The Hall–Kier alpha value is -4.94. The fourth-order valence-electron chi connectivity index (χ4n) is 5.89. The SMILES string of the molecule is O=C(Nc1ccc(COc2ccccc2)cc1)N(Cc1ccc(-c2ccc(CNC3CCCCC3)cc2)cc1)Cc1cccnc1. The maximum absolute atomic E-state index is 13.6. The second-order valence-corrected chi connectivity index (χ2v) is 12.1. The normalized spacial score (nSPS) is 13.2.